The molecule has 0 saturated carbocycles. The molecule has 0 bridgehead atoms. The number of rotatable bonds is 13. The van der Waals surface area contributed by atoms with E-state index >= 15 is 0 Å². The summed E-state index contributed by atoms with van der Waals surface area (Å²) in [4.78, 5) is 0. The summed E-state index contributed by atoms with van der Waals surface area (Å²) in [5, 5.41) is 13.4. The highest BCUT2D eigenvalue weighted by Gasteiger charge is 2.05. The van der Waals surface area contributed by atoms with Gasteiger partial charge in [-0.05, 0) is 49.8 Å². The number of unbranched alkanes of at least 4 members (excludes halogenated alkanes) is 2. The third kappa shape index (κ3) is 8.82. The lowest BCUT2D eigenvalue weighted by atomic mass is 10.1. The Labute approximate surface area is 152 Å². The van der Waals surface area contributed by atoms with E-state index in [0.717, 1.165) is 57.4 Å². The summed E-state index contributed by atoms with van der Waals surface area (Å²) in [6, 6.07) is 20.4. The Morgan fingerprint density at radius 1 is 0.800 bits per heavy atom. The first-order valence-corrected chi connectivity index (χ1v) is 9.41. The van der Waals surface area contributed by atoms with Gasteiger partial charge in [0.15, 0.2) is 0 Å². The largest absolute Gasteiger partial charge is 0.387 e. The first kappa shape index (κ1) is 19.6. The first-order chi connectivity index (χ1) is 12.4. The van der Waals surface area contributed by atoms with E-state index in [0.29, 0.717) is 6.54 Å². The van der Waals surface area contributed by atoms with Gasteiger partial charge in [0.1, 0.15) is 0 Å². The molecule has 0 aliphatic heterocycles. The SMILES string of the molecule is OC(CNCCCCCOCCCc1ccccc1)c1ccccc1. The minimum atomic E-state index is -0.422. The monoisotopic (exact) mass is 341 g/mol. The van der Waals surface area contributed by atoms with E-state index in [1.807, 2.05) is 30.3 Å². The van der Waals surface area contributed by atoms with Gasteiger partial charge in [-0.3, -0.25) is 0 Å². The second-order valence-corrected chi connectivity index (χ2v) is 6.39. The highest BCUT2D eigenvalue weighted by molar-refractivity contribution is 5.17. The zero-order chi connectivity index (χ0) is 17.6. The second kappa shape index (κ2) is 12.6. The summed E-state index contributed by atoms with van der Waals surface area (Å²) in [6.07, 6.45) is 5.14. The second-order valence-electron chi connectivity index (χ2n) is 6.39. The van der Waals surface area contributed by atoms with Crippen LogP contribution in [0.15, 0.2) is 60.7 Å². The molecule has 25 heavy (non-hydrogen) atoms. The van der Waals surface area contributed by atoms with Crippen LogP contribution >= 0.6 is 0 Å². The Bertz CT molecular complexity index is 544. The van der Waals surface area contributed by atoms with Gasteiger partial charge in [0, 0.05) is 19.8 Å². The van der Waals surface area contributed by atoms with Crippen LogP contribution in [0.2, 0.25) is 0 Å². The fourth-order valence-corrected chi connectivity index (χ4v) is 2.79. The molecule has 2 rings (SSSR count). The highest BCUT2D eigenvalue weighted by Crippen LogP contribution is 2.10. The number of aliphatic hydroxyl groups excluding tert-OH is 1. The summed E-state index contributed by atoms with van der Waals surface area (Å²) >= 11 is 0. The van der Waals surface area contributed by atoms with Crippen LogP contribution in [0.1, 0.15) is 42.9 Å². The molecule has 2 N–H and O–H groups in total. The standard InChI is InChI=1S/C22H31NO2/c24-22(21-14-6-2-7-15-21)19-23-16-8-3-9-17-25-18-10-13-20-11-4-1-5-12-20/h1-2,4-7,11-12,14-15,22-24H,3,8-10,13,16-19H2. The molecule has 2 aromatic carbocycles. The van der Waals surface area contributed by atoms with Crippen LogP contribution in [0.3, 0.4) is 0 Å². The number of aliphatic hydroxyl groups is 1. The minimum absolute atomic E-state index is 0.422. The van der Waals surface area contributed by atoms with Crippen LogP contribution in [0.5, 0.6) is 0 Å². The zero-order valence-corrected chi connectivity index (χ0v) is 15.1. The van der Waals surface area contributed by atoms with Gasteiger partial charge >= 0.3 is 0 Å². The summed E-state index contributed by atoms with van der Waals surface area (Å²) in [6.45, 7) is 3.25. The molecule has 0 amide bonds. The van der Waals surface area contributed by atoms with Crippen molar-refractivity contribution in [2.24, 2.45) is 0 Å². The molecule has 0 spiro atoms. The van der Waals surface area contributed by atoms with Crippen molar-refractivity contribution in [3.8, 4) is 0 Å². The Morgan fingerprint density at radius 2 is 1.48 bits per heavy atom. The van der Waals surface area contributed by atoms with Gasteiger partial charge in [-0.15, -0.1) is 0 Å². The van der Waals surface area contributed by atoms with Crippen LogP contribution in [-0.2, 0) is 11.2 Å². The van der Waals surface area contributed by atoms with Gasteiger partial charge in [-0.2, -0.15) is 0 Å². The van der Waals surface area contributed by atoms with E-state index < -0.39 is 6.10 Å². The molecule has 0 aliphatic carbocycles. The topological polar surface area (TPSA) is 41.5 Å². The molecule has 0 saturated heterocycles. The Morgan fingerprint density at radius 3 is 2.24 bits per heavy atom. The third-order valence-electron chi connectivity index (χ3n) is 4.26. The molecule has 0 radical (unpaired) electrons. The van der Waals surface area contributed by atoms with Crippen molar-refractivity contribution in [3.05, 3.63) is 71.8 Å². The molecular weight excluding hydrogens is 310 g/mol. The average molecular weight is 341 g/mol. The van der Waals surface area contributed by atoms with Crippen molar-refractivity contribution >= 4 is 0 Å². The third-order valence-corrected chi connectivity index (χ3v) is 4.26. The lowest BCUT2D eigenvalue weighted by Gasteiger charge is -2.12. The van der Waals surface area contributed by atoms with Crippen LogP contribution in [0.4, 0.5) is 0 Å². The fraction of sp³-hybridized carbons (Fsp3) is 0.455. The highest BCUT2D eigenvalue weighted by atomic mass is 16.5. The molecule has 0 fully saturated rings. The Hall–Kier alpha value is -1.68. The van der Waals surface area contributed by atoms with E-state index in [4.69, 9.17) is 4.74 Å². The summed E-state index contributed by atoms with van der Waals surface area (Å²) in [5.41, 5.74) is 2.36. The molecule has 1 unspecified atom stereocenters. The minimum Gasteiger partial charge on any atom is -0.387 e. The molecule has 2 aromatic rings. The van der Waals surface area contributed by atoms with E-state index in [9.17, 15) is 5.11 Å². The van der Waals surface area contributed by atoms with Gasteiger partial charge in [-0.25, -0.2) is 0 Å². The van der Waals surface area contributed by atoms with Gasteiger partial charge in [0.05, 0.1) is 6.10 Å². The van der Waals surface area contributed by atoms with E-state index in [2.05, 4.69) is 35.6 Å². The van der Waals surface area contributed by atoms with Crippen molar-refractivity contribution in [2.75, 3.05) is 26.3 Å². The summed E-state index contributed by atoms with van der Waals surface area (Å²) < 4.78 is 5.70. The molecule has 0 aromatic heterocycles. The maximum Gasteiger partial charge on any atom is 0.0914 e. The molecule has 3 heteroatoms. The van der Waals surface area contributed by atoms with Crippen LogP contribution < -0.4 is 5.32 Å². The van der Waals surface area contributed by atoms with Crippen molar-refractivity contribution in [3.63, 3.8) is 0 Å². The molecule has 0 heterocycles. The molecular formula is C22H31NO2. The molecule has 136 valence electrons. The van der Waals surface area contributed by atoms with E-state index in [-0.39, 0.29) is 0 Å². The maximum absolute atomic E-state index is 10.0. The zero-order valence-electron chi connectivity index (χ0n) is 15.1. The number of hydrogen-bond donors (Lipinski definition) is 2. The average Bonchev–Trinajstić information content (AvgIpc) is 2.67. The summed E-state index contributed by atoms with van der Waals surface area (Å²) in [7, 11) is 0. The first-order valence-electron chi connectivity index (χ1n) is 9.41. The molecule has 3 nitrogen and oxygen atoms in total. The lowest BCUT2D eigenvalue weighted by Crippen LogP contribution is -2.22. The number of benzene rings is 2. The van der Waals surface area contributed by atoms with Crippen molar-refractivity contribution in [1.29, 1.82) is 0 Å². The smallest absolute Gasteiger partial charge is 0.0914 e. The molecule has 0 aliphatic rings. The van der Waals surface area contributed by atoms with E-state index in [1.54, 1.807) is 0 Å². The number of nitrogens with one attached hydrogen (secondary N) is 1. The van der Waals surface area contributed by atoms with E-state index in [1.165, 1.54) is 5.56 Å². The van der Waals surface area contributed by atoms with Gasteiger partial charge in [0.25, 0.3) is 0 Å². The summed E-state index contributed by atoms with van der Waals surface area (Å²) in [5.74, 6) is 0. The predicted molar refractivity (Wildman–Crippen MR) is 104 cm³/mol. The van der Waals surface area contributed by atoms with Crippen molar-refractivity contribution in [2.45, 2.75) is 38.2 Å². The predicted octanol–water partition coefficient (Wildman–Crippen LogP) is 4.13. The Kier molecular flexibility index (Phi) is 9.94. The van der Waals surface area contributed by atoms with Crippen LogP contribution in [0, 0.1) is 0 Å². The van der Waals surface area contributed by atoms with Gasteiger partial charge < -0.3 is 15.2 Å². The lowest BCUT2D eigenvalue weighted by molar-refractivity contribution is 0.127. The Balaban J connectivity index is 1.36. The number of hydrogen-bond acceptors (Lipinski definition) is 3. The van der Waals surface area contributed by atoms with Crippen molar-refractivity contribution < 1.29 is 9.84 Å². The maximum atomic E-state index is 10.0. The number of ether oxygens (including phenoxy) is 1. The van der Waals surface area contributed by atoms with Gasteiger partial charge in [-0.1, -0.05) is 60.7 Å². The fourth-order valence-electron chi connectivity index (χ4n) is 2.79. The number of aryl methyl sites for hydroxylation is 1. The van der Waals surface area contributed by atoms with Gasteiger partial charge in [0.2, 0.25) is 0 Å². The normalized spacial score (nSPS) is 12.2. The molecule has 1 atom stereocenters. The quantitative estimate of drug-likeness (QED) is 0.538. The van der Waals surface area contributed by atoms with Crippen molar-refractivity contribution in [1.82, 2.24) is 5.32 Å². The van der Waals surface area contributed by atoms with Crippen LogP contribution in [-0.4, -0.2) is 31.4 Å². The van der Waals surface area contributed by atoms with Crippen LogP contribution in [0.25, 0.3) is 0 Å².